The average Bonchev–Trinajstić information content (AvgIpc) is 3.29. The second-order valence-electron chi connectivity index (χ2n) is 4.86. The van der Waals surface area contributed by atoms with Crippen LogP contribution in [0.1, 0.15) is 26.6 Å². The van der Waals surface area contributed by atoms with E-state index in [0.717, 1.165) is 5.56 Å². The van der Waals surface area contributed by atoms with Gasteiger partial charge in [-0.15, -0.1) is 0 Å². The van der Waals surface area contributed by atoms with Crippen LogP contribution in [0.4, 0.5) is 0 Å². The van der Waals surface area contributed by atoms with E-state index in [1.165, 1.54) is 19.4 Å². The zero-order valence-electron chi connectivity index (χ0n) is 12.8. The number of esters is 2. The third kappa shape index (κ3) is 3.19. The van der Waals surface area contributed by atoms with Crippen LogP contribution in [-0.4, -0.2) is 29.2 Å². The van der Waals surface area contributed by atoms with E-state index in [1.807, 2.05) is 30.3 Å². The highest BCUT2D eigenvalue weighted by Gasteiger charge is 2.18. The van der Waals surface area contributed by atoms with Gasteiger partial charge in [0.15, 0.2) is 12.4 Å². The summed E-state index contributed by atoms with van der Waals surface area (Å²) in [6, 6.07) is 12.5. The van der Waals surface area contributed by atoms with Gasteiger partial charge in [-0.3, -0.25) is 5.10 Å². The maximum Gasteiger partial charge on any atom is 0.356 e. The Bertz CT molecular complexity index is 851. The normalized spacial score (nSPS) is 10.4. The van der Waals surface area contributed by atoms with E-state index in [0.29, 0.717) is 5.69 Å². The summed E-state index contributed by atoms with van der Waals surface area (Å²) in [5.74, 6) is -0.933. The molecule has 0 spiro atoms. The topological polar surface area (TPSA) is 94.4 Å². The number of aromatic nitrogens is 2. The van der Waals surface area contributed by atoms with Gasteiger partial charge in [0, 0.05) is 5.56 Å². The van der Waals surface area contributed by atoms with E-state index < -0.39 is 11.9 Å². The molecule has 3 rings (SSSR count). The van der Waals surface area contributed by atoms with Crippen LogP contribution in [0, 0.1) is 0 Å². The Morgan fingerprint density at radius 3 is 2.71 bits per heavy atom. The van der Waals surface area contributed by atoms with Crippen molar-refractivity contribution >= 4 is 11.9 Å². The van der Waals surface area contributed by atoms with Gasteiger partial charge < -0.3 is 13.9 Å². The minimum absolute atomic E-state index is 0.185. The molecule has 0 saturated heterocycles. The zero-order chi connectivity index (χ0) is 16.9. The maximum absolute atomic E-state index is 12.1. The Labute approximate surface area is 137 Å². The molecule has 7 heteroatoms. The van der Waals surface area contributed by atoms with Gasteiger partial charge in [0.25, 0.3) is 0 Å². The number of ether oxygens (including phenoxy) is 2. The molecule has 0 atom stereocenters. The van der Waals surface area contributed by atoms with Crippen molar-refractivity contribution in [1.82, 2.24) is 10.2 Å². The van der Waals surface area contributed by atoms with Gasteiger partial charge in [0.05, 0.1) is 19.1 Å². The average molecular weight is 326 g/mol. The highest BCUT2D eigenvalue weighted by Crippen LogP contribution is 2.18. The Morgan fingerprint density at radius 2 is 1.96 bits per heavy atom. The summed E-state index contributed by atoms with van der Waals surface area (Å²) in [5.41, 5.74) is 1.95. The minimum atomic E-state index is -0.600. The monoisotopic (exact) mass is 326 g/mol. The number of benzene rings is 1. The smallest absolute Gasteiger partial charge is 0.356 e. The third-order valence-corrected chi connectivity index (χ3v) is 3.35. The Kier molecular flexibility index (Phi) is 4.42. The molecule has 0 aliphatic heterocycles. The lowest BCUT2D eigenvalue weighted by molar-refractivity contribution is 0.0426. The van der Waals surface area contributed by atoms with Crippen LogP contribution in [0.15, 0.2) is 53.1 Å². The standard InChI is InChI=1S/C17H14N2O5/c1-22-16(20)12-7-8-23-15(12)10-24-17(21)14-9-13(18-19-14)11-5-3-2-4-6-11/h2-9H,10H2,1H3,(H,18,19). The molecular weight excluding hydrogens is 312 g/mol. The fraction of sp³-hybridized carbons (Fsp3) is 0.118. The number of carbonyl (C=O) groups is 2. The van der Waals surface area contributed by atoms with Gasteiger partial charge in [0.1, 0.15) is 11.3 Å². The second kappa shape index (κ2) is 6.82. The van der Waals surface area contributed by atoms with Crippen LogP contribution in [-0.2, 0) is 16.1 Å². The molecule has 1 aromatic carbocycles. The first-order valence-corrected chi connectivity index (χ1v) is 7.11. The van der Waals surface area contributed by atoms with Gasteiger partial charge in [0.2, 0.25) is 0 Å². The maximum atomic E-state index is 12.1. The lowest BCUT2D eigenvalue weighted by atomic mass is 10.1. The highest BCUT2D eigenvalue weighted by molar-refractivity contribution is 5.91. The lowest BCUT2D eigenvalue weighted by Gasteiger charge is -2.02. The lowest BCUT2D eigenvalue weighted by Crippen LogP contribution is -2.08. The van der Waals surface area contributed by atoms with Crippen molar-refractivity contribution in [2.75, 3.05) is 7.11 Å². The van der Waals surface area contributed by atoms with E-state index in [-0.39, 0.29) is 23.6 Å². The highest BCUT2D eigenvalue weighted by atomic mass is 16.5. The predicted molar refractivity (Wildman–Crippen MR) is 83.2 cm³/mol. The molecule has 0 aliphatic carbocycles. The number of furan rings is 1. The summed E-state index contributed by atoms with van der Waals surface area (Å²) >= 11 is 0. The predicted octanol–water partition coefficient (Wildman–Crippen LogP) is 2.81. The number of carbonyl (C=O) groups excluding carboxylic acids is 2. The Hall–Kier alpha value is -3.35. The van der Waals surface area contributed by atoms with E-state index in [1.54, 1.807) is 6.07 Å². The van der Waals surface area contributed by atoms with Crippen molar-refractivity contribution in [3.05, 3.63) is 65.7 Å². The van der Waals surface area contributed by atoms with Crippen molar-refractivity contribution < 1.29 is 23.5 Å². The molecule has 24 heavy (non-hydrogen) atoms. The van der Waals surface area contributed by atoms with Crippen LogP contribution in [0.2, 0.25) is 0 Å². The van der Waals surface area contributed by atoms with Gasteiger partial charge in [-0.25, -0.2) is 9.59 Å². The number of aromatic amines is 1. The molecule has 0 unspecified atom stereocenters. The first-order chi connectivity index (χ1) is 11.7. The van der Waals surface area contributed by atoms with Crippen molar-refractivity contribution in [3.8, 4) is 11.3 Å². The van der Waals surface area contributed by atoms with Crippen molar-refractivity contribution in [3.63, 3.8) is 0 Å². The molecule has 0 fully saturated rings. The fourth-order valence-electron chi connectivity index (χ4n) is 2.14. The molecule has 3 aromatic rings. The van der Waals surface area contributed by atoms with Gasteiger partial charge >= 0.3 is 11.9 Å². The fourth-order valence-corrected chi connectivity index (χ4v) is 2.14. The SMILES string of the molecule is COC(=O)c1ccoc1COC(=O)c1cc(-c2ccccc2)n[nH]1. The number of hydrogen-bond donors (Lipinski definition) is 1. The summed E-state index contributed by atoms with van der Waals surface area (Å²) in [7, 11) is 1.26. The summed E-state index contributed by atoms with van der Waals surface area (Å²) in [6.45, 7) is -0.185. The first-order valence-electron chi connectivity index (χ1n) is 7.11. The Morgan fingerprint density at radius 1 is 1.17 bits per heavy atom. The molecule has 7 nitrogen and oxygen atoms in total. The third-order valence-electron chi connectivity index (χ3n) is 3.35. The number of rotatable bonds is 5. The van der Waals surface area contributed by atoms with Crippen LogP contribution >= 0.6 is 0 Å². The van der Waals surface area contributed by atoms with E-state index in [4.69, 9.17) is 9.15 Å². The van der Waals surface area contributed by atoms with Crippen molar-refractivity contribution in [2.45, 2.75) is 6.61 Å². The Balaban J connectivity index is 1.67. The van der Waals surface area contributed by atoms with Crippen molar-refractivity contribution in [1.29, 1.82) is 0 Å². The molecular formula is C17H14N2O5. The largest absolute Gasteiger partial charge is 0.465 e. The van der Waals surface area contributed by atoms with Gasteiger partial charge in [-0.1, -0.05) is 30.3 Å². The van der Waals surface area contributed by atoms with Gasteiger partial charge in [-0.05, 0) is 12.1 Å². The molecule has 0 bridgehead atoms. The number of nitrogens with one attached hydrogen (secondary N) is 1. The molecule has 0 radical (unpaired) electrons. The minimum Gasteiger partial charge on any atom is -0.465 e. The van der Waals surface area contributed by atoms with E-state index in [2.05, 4.69) is 14.9 Å². The number of methoxy groups -OCH3 is 1. The molecule has 0 saturated carbocycles. The molecule has 0 aliphatic rings. The van der Waals surface area contributed by atoms with Crippen molar-refractivity contribution in [2.24, 2.45) is 0 Å². The van der Waals surface area contributed by atoms with Gasteiger partial charge in [-0.2, -0.15) is 5.10 Å². The van der Waals surface area contributed by atoms with E-state index >= 15 is 0 Å². The summed E-state index contributed by atoms with van der Waals surface area (Å²) in [4.78, 5) is 23.6. The van der Waals surface area contributed by atoms with E-state index in [9.17, 15) is 9.59 Å². The zero-order valence-corrected chi connectivity index (χ0v) is 12.8. The number of nitrogens with zero attached hydrogens (tertiary/aromatic N) is 1. The summed E-state index contributed by atoms with van der Waals surface area (Å²) in [6.07, 6.45) is 1.33. The molecule has 1 N–H and O–H groups in total. The number of H-pyrrole nitrogens is 1. The van der Waals surface area contributed by atoms with Crippen LogP contribution in [0.5, 0.6) is 0 Å². The van der Waals surface area contributed by atoms with Crippen LogP contribution < -0.4 is 0 Å². The first kappa shape index (κ1) is 15.5. The summed E-state index contributed by atoms with van der Waals surface area (Å²) in [5, 5.41) is 6.72. The van der Waals surface area contributed by atoms with Crippen LogP contribution in [0.25, 0.3) is 11.3 Å². The second-order valence-corrected chi connectivity index (χ2v) is 4.86. The molecule has 2 aromatic heterocycles. The summed E-state index contributed by atoms with van der Waals surface area (Å²) < 4.78 is 14.9. The number of hydrogen-bond acceptors (Lipinski definition) is 6. The molecule has 2 heterocycles. The van der Waals surface area contributed by atoms with Crippen LogP contribution in [0.3, 0.4) is 0 Å². The molecule has 122 valence electrons. The quantitative estimate of drug-likeness (QED) is 0.725. The molecule has 0 amide bonds.